The van der Waals surface area contributed by atoms with E-state index in [-0.39, 0.29) is 17.1 Å². The number of hydrogen-bond acceptors (Lipinski definition) is 4. The fourth-order valence-electron chi connectivity index (χ4n) is 2.24. The van der Waals surface area contributed by atoms with E-state index >= 15 is 0 Å². The normalized spacial score (nSPS) is 16.3. The largest absolute Gasteiger partial charge is 0.507 e. The van der Waals surface area contributed by atoms with Crippen LogP contribution in [0.3, 0.4) is 0 Å². The minimum Gasteiger partial charge on any atom is -0.507 e. The number of carbonyl (C=O) groups excluding carboxylic acids is 1. The highest BCUT2D eigenvalue weighted by atomic mass is 16.4. The number of carboxylic acid groups (broad SMARTS) is 1. The van der Waals surface area contributed by atoms with Gasteiger partial charge in [-0.15, -0.1) is 0 Å². The maximum Gasteiger partial charge on any atom is 0.306 e. The molecule has 1 aromatic rings. The van der Waals surface area contributed by atoms with Crippen LogP contribution in [0.2, 0.25) is 0 Å². The summed E-state index contributed by atoms with van der Waals surface area (Å²) in [7, 11) is 0. The molecular weight excluding hydrogens is 250 g/mol. The first-order chi connectivity index (χ1) is 9.00. The molecule has 0 saturated carbocycles. The number of likely N-dealkylation sites (tertiary alicyclic amines) is 1. The Bertz CT molecular complexity index is 486. The fourth-order valence-corrected chi connectivity index (χ4v) is 2.24. The van der Waals surface area contributed by atoms with Gasteiger partial charge in [-0.25, -0.2) is 0 Å². The zero-order valence-electron chi connectivity index (χ0n) is 10.2. The van der Waals surface area contributed by atoms with Gasteiger partial charge in [-0.3, -0.25) is 9.59 Å². The van der Waals surface area contributed by atoms with E-state index in [2.05, 4.69) is 0 Å². The van der Waals surface area contributed by atoms with E-state index in [1.165, 1.54) is 23.1 Å². The second-order valence-electron chi connectivity index (χ2n) is 4.58. The van der Waals surface area contributed by atoms with Gasteiger partial charge in [0.25, 0.3) is 5.91 Å². The molecule has 3 N–H and O–H groups in total. The minimum atomic E-state index is -0.850. The van der Waals surface area contributed by atoms with Crippen molar-refractivity contribution in [1.82, 2.24) is 4.90 Å². The van der Waals surface area contributed by atoms with Crippen molar-refractivity contribution in [2.75, 3.05) is 13.1 Å². The van der Waals surface area contributed by atoms with Crippen molar-refractivity contribution in [3.63, 3.8) is 0 Å². The van der Waals surface area contributed by atoms with Crippen molar-refractivity contribution >= 4 is 11.9 Å². The van der Waals surface area contributed by atoms with Crippen LogP contribution in [0.15, 0.2) is 18.2 Å². The van der Waals surface area contributed by atoms with Crippen molar-refractivity contribution < 1.29 is 24.9 Å². The summed E-state index contributed by atoms with van der Waals surface area (Å²) >= 11 is 0. The molecule has 1 saturated heterocycles. The van der Waals surface area contributed by atoms with Crippen molar-refractivity contribution in [3.05, 3.63) is 23.8 Å². The lowest BCUT2D eigenvalue weighted by Crippen LogP contribution is -2.40. The fraction of sp³-hybridized carbons (Fsp3) is 0.385. The van der Waals surface area contributed by atoms with Crippen molar-refractivity contribution in [1.29, 1.82) is 0 Å². The van der Waals surface area contributed by atoms with Gasteiger partial charge in [0.05, 0.1) is 5.92 Å². The monoisotopic (exact) mass is 265 g/mol. The van der Waals surface area contributed by atoms with Crippen LogP contribution in [0.4, 0.5) is 0 Å². The number of benzene rings is 1. The zero-order valence-corrected chi connectivity index (χ0v) is 10.2. The Morgan fingerprint density at radius 2 is 1.63 bits per heavy atom. The summed E-state index contributed by atoms with van der Waals surface area (Å²) in [4.78, 5) is 24.5. The Balaban J connectivity index is 2.12. The standard InChI is InChI=1S/C13H15NO5/c15-9-2-1-3-10(16)11(9)12(17)14-6-4-8(5-7-14)13(18)19/h1-3,8,15-16H,4-7H2,(H,18,19). The van der Waals surface area contributed by atoms with E-state index in [4.69, 9.17) is 5.11 Å². The van der Waals surface area contributed by atoms with Crippen molar-refractivity contribution in [3.8, 4) is 11.5 Å². The third kappa shape index (κ3) is 2.62. The van der Waals surface area contributed by atoms with E-state index in [1.807, 2.05) is 0 Å². The predicted molar refractivity (Wildman–Crippen MR) is 66.0 cm³/mol. The molecule has 1 aromatic carbocycles. The number of phenolic OH excluding ortho intramolecular Hbond substituents is 2. The lowest BCUT2D eigenvalue weighted by Gasteiger charge is -2.30. The zero-order chi connectivity index (χ0) is 14.0. The molecule has 0 spiro atoms. The Hall–Kier alpha value is -2.24. The average molecular weight is 265 g/mol. The molecule has 0 bridgehead atoms. The van der Waals surface area contributed by atoms with Crippen LogP contribution in [0, 0.1) is 5.92 Å². The number of carboxylic acids is 1. The number of piperidine rings is 1. The first-order valence-electron chi connectivity index (χ1n) is 6.03. The van der Waals surface area contributed by atoms with Crippen LogP contribution in [-0.4, -0.2) is 45.2 Å². The molecule has 6 nitrogen and oxygen atoms in total. The smallest absolute Gasteiger partial charge is 0.306 e. The molecule has 1 amide bonds. The summed E-state index contributed by atoms with van der Waals surface area (Å²) in [5.74, 6) is -2.30. The van der Waals surface area contributed by atoms with Crippen molar-refractivity contribution in [2.45, 2.75) is 12.8 Å². The van der Waals surface area contributed by atoms with Gasteiger partial charge in [0, 0.05) is 13.1 Å². The molecule has 0 aromatic heterocycles. The molecule has 0 unspecified atom stereocenters. The number of phenols is 2. The van der Waals surface area contributed by atoms with Gasteiger partial charge < -0.3 is 20.2 Å². The summed E-state index contributed by atoms with van der Waals surface area (Å²) in [6.45, 7) is 0.618. The Labute approximate surface area is 109 Å². The summed E-state index contributed by atoms with van der Waals surface area (Å²) in [5, 5.41) is 28.1. The molecule has 0 aliphatic carbocycles. The van der Waals surface area contributed by atoms with Gasteiger partial charge in [0.1, 0.15) is 17.1 Å². The lowest BCUT2D eigenvalue weighted by molar-refractivity contribution is -0.143. The molecule has 19 heavy (non-hydrogen) atoms. The van der Waals surface area contributed by atoms with Crippen LogP contribution < -0.4 is 0 Å². The van der Waals surface area contributed by atoms with Crippen LogP contribution in [0.5, 0.6) is 11.5 Å². The molecule has 102 valence electrons. The molecule has 2 rings (SSSR count). The second kappa shape index (κ2) is 5.17. The number of amides is 1. The first-order valence-corrected chi connectivity index (χ1v) is 6.03. The molecule has 6 heteroatoms. The number of nitrogens with zero attached hydrogens (tertiary/aromatic N) is 1. The number of aliphatic carboxylic acids is 1. The number of carbonyl (C=O) groups is 2. The molecule has 0 radical (unpaired) electrons. The average Bonchev–Trinajstić information content (AvgIpc) is 2.38. The third-order valence-corrected chi connectivity index (χ3v) is 3.37. The molecule has 0 atom stereocenters. The van der Waals surface area contributed by atoms with E-state index in [9.17, 15) is 19.8 Å². The Kier molecular flexibility index (Phi) is 3.59. The summed E-state index contributed by atoms with van der Waals surface area (Å²) < 4.78 is 0. The first kappa shape index (κ1) is 13.2. The topological polar surface area (TPSA) is 98.1 Å². The molecular formula is C13H15NO5. The third-order valence-electron chi connectivity index (χ3n) is 3.37. The van der Waals surface area contributed by atoms with E-state index < -0.39 is 17.8 Å². The SMILES string of the molecule is O=C(O)C1CCN(C(=O)c2c(O)cccc2O)CC1. The highest BCUT2D eigenvalue weighted by molar-refractivity contribution is 5.99. The van der Waals surface area contributed by atoms with Gasteiger partial charge in [-0.05, 0) is 25.0 Å². The van der Waals surface area contributed by atoms with E-state index in [0.29, 0.717) is 25.9 Å². The van der Waals surface area contributed by atoms with Crippen LogP contribution in [0.25, 0.3) is 0 Å². The van der Waals surface area contributed by atoms with E-state index in [1.54, 1.807) is 0 Å². The Morgan fingerprint density at radius 1 is 1.11 bits per heavy atom. The number of hydrogen-bond donors (Lipinski definition) is 3. The van der Waals surface area contributed by atoms with Gasteiger partial charge in [-0.1, -0.05) is 6.07 Å². The predicted octanol–water partition coefficient (Wildman–Crippen LogP) is 1.03. The van der Waals surface area contributed by atoms with Gasteiger partial charge in [-0.2, -0.15) is 0 Å². The van der Waals surface area contributed by atoms with Crippen LogP contribution >= 0.6 is 0 Å². The highest BCUT2D eigenvalue weighted by Crippen LogP contribution is 2.29. The van der Waals surface area contributed by atoms with E-state index in [0.717, 1.165) is 0 Å². The molecule has 1 aliphatic heterocycles. The number of rotatable bonds is 2. The molecule has 1 aliphatic rings. The van der Waals surface area contributed by atoms with Crippen molar-refractivity contribution in [2.24, 2.45) is 5.92 Å². The summed E-state index contributed by atoms with van der Waals surface area (Å²) in [6, 6.07) is 4.10. The molecule has 1 fully saturated rings. The summed E-state index contributed by atoms with van der Waals surface area (Å²) in [5.41, 5.74) is -0.128. The van der Waals surface area contributed by atoms with Crippen LogP contribution in [-0.2, 0) is 4.79 Å². The quantitative estimate of drug-likeness (QED) is 0.742. The Morgan fingerprint density at radius 3 is 2.11 bits per heavy atom. The second-order valence-corrected chi connectivity index (χ2v) is 4.58. The minimum absolute atomic E-state index is 0.128. The maximum atomic E-state index is 12.2. The van der Waals surface area contributed by atoms with Gasteiger partial charge in [0.15, 0.2) is 0 Å². The van der Waals surface area contributed by atoms with Gasteiger partial charge in [0.2, 0.25) is 0 Å². The van der Waals surface area contributed by atoms with Crippen LogP contribution in [0.1, 0.15) is 23.2 Å². The maximum absolute atomic E-state index is 12.2. The summed E-state index contributed by atoms with van der Waals surface area (Å²) in [6.07, 6.45) is 0.769. The number of aromatic hydroxyl groups is 2. The molecule has 1 heterocycles. The highest BCUT2D eigenvalue weighted by Gasteiger charge is 2.29. The lowest BCUT2D eigenvalue weighted by atomic mass is 9.96. The van der Waals surface area contributed by atoms with Gasteiger partial charge >= 0.3 is 5.97 Å².